The fourth-order valence-corrected chi connectivity index (χ4v) is 6.13. The SMILES string of the molecule is C=C(c1cc(-c2ccc(C#N)c(F)c2)c(-c2ccc(N3CCC(O)C3)cc2)s1)N1CCCC(N)C1. The van der Waals surface area contributed by atoms with Crippen LogP contribution in [0.2, 0.25) is 0 Å². The molecule has 2 aromatic carbocycles. The molecule has 0 spiro atoms. The summed E-state index contributed by atoms with van der Waals surface area (Å²) in [4.78, 5) is 6.49. The predicted molar refractivity (Wildman–Crippen MR) is 141 cm³/mol. The average molecular weight is 489 g/mol. The zero-order valence-electron chi connectivity index (χ0n) is 19.6. The Morgan fingerprint density at radius 1 is 1.09 bits per heavy atom. The molecule has 2 fully saturated rings. The minimum Gasteiger partial charge on any atom is -0.391 e. The molecule has 0 amide bonds. The maximum absolute atomic E-state index is 14.5. The minimum absolute atomic E-state index is 0.0367. The highest BCUT2D eigenvalue weighted by molar-refractivity contribution is 7.17. The van der Waals surface area contributed by atoms with Crippen molar-refractivity contribution in [3.63, 3.8) is 0 Å². The molecule has 2 atom stereocenters. The minimum atomic E-state index is -0.521. The quantitative estimate of drug-likeness (QED) is 0.525. The van der Waals surface area contributed by atoms with Gasteiger partial charge in [-0.15, -0.1) is 11.3 Å². The first-order valence-corrected chi connectivity index (χ1v) is 12.8. The molecule has 2 aliphatic rings. The first-order valence-electron chi connectivity index (χ1n) is 12.0. The van der Waals surface area contributed by atoms with Crippen LogP contribution >= 0.6 is 11.3 Å². The van der Waals surface area contributed by atoms with Crippen LogP contribution in [0.15, 0.2) is 55.1 Å². The summed E-state index contributed by atoms with van der Waals surface area (Å²) in [5, 5.41) is 19.0. The fraction of sp³-hybridized carbons (Fsp3) is 0.321. The van der Waals surface area contributed by atoms with E-state index in [1.165, 1.54) is 12.1 Å². The molecule has 0 aliphatic carbocycles. The van der Waals surface area contributed by atoms with E-state index >= 15 is 0 Å². The van der Waals surface area contributed by atoms with E-state index < -0.39 is 5.82 Å². The van der Waals surface area contributed by atoms with Gasteiger partial charge in [-0.05, 0) is 60.7 Å². The molecule has 2 saturated heterocycles. The highest BCUT2D eigenvalue weighted by atomic mass is 32.1. The summed E-state index contributed by atoms with van der Waals surface area (Å²) in [7, 11) is 0. The number of nitrogens with zero attached hydrogens (tertiary/aromatic N) is 3. The Morgan fingerprint density at radius 2 is 1.86 bits per heavy atom. The van der Waals surface area contributed by atoms with Gasteiger partial charge in [0.25, 0.3) is 0 Å². The van der Waals surface area contributed by atoms with Crippen molar-refractivity contribution in [1.29, 1.82) is 5.26 Å². The van der Waals surface area contributed by atoms with Crippen LogP contribution in [0.25, 0.3) is 27.3 Å². The summed E-state index contributed by atoms with van der Waals surface area (Å²) >= 11 is 1.64. The van der Waals surface area contributed by atoms with Crippen LogP contribution in [-0.2, 0) is 0 Å². The lowest BCUT2D eigenvalue weighted by Crippen LogP contribution is -2.41. The highest BCUT2D eigenvalue weighted by Gasteiger charge is 2.23. The van der Waals surface area contributed by atoms with Gasteiger partial charge in [0.15, 0.2) is 0 Å². The molecule has 0 saturated carbocycles. The molecule has 0 bridgehead atoms. The van der Waals surface area contributed by atoms with Crippen molar-refractivity contribution < 1.29 is 9.50 Å². The van der Waals surface area contributed by atoms with E-state index in [4.69, 9.17) is 11.0 Å². The maximum Gasteiger partial charge on any atom is 0.141 e. The Hall–Kier alpha value is -3.18. The lowest BCUT2D eigenvalue weighted by Gasteiger charge is -2.33. The third-order valence-corrected chi connectivity index (χ3v) is 8.15. The molecule has 2 unspecified atom stereocenters. The first kappa shape index (κ1) is 23.6. The summed E-state index contributed by atoms with van der Waals surface area (Å²) in [5.74, 6) is -0.521. The Morgan fingerprint density at radius 3 is 2.51 bits per heavy atom. The van der Waals surface area contributed by atoms with Gasteiger partial charge in [-0.1, -0.05) is 24.8 Å². The molecule has 5 nitrogen and oxygen atoms in total. The molecule has 180 valence electrons. The van der Waals surface area contributed by atoms with E-state index in [2.05, 4.69) is 46.7 Å². The zero-order chi connectivity index (χ0) is 24.5. The van der Waals surface area contributed by atoms with Gasteiger partial charge in [0.05, 0.1) is 16.5 Å². The van der Waals surface area contributed by atoms with Gasteiger partial charge in [-0.25, -0.2) is 4.39 Å². The number of nitriles is 1. The Labute approximate surface area is 209 Å². The summed E-state index contributed by atoms with van der Waals surface area (Å²) in [6.45, 7) is 7.58. The van der Waals surface area contributed by atoms with Gasteiger partial charge in [0, 0.05) is 54.0 Å². The molecule has 2 aliphatic heterocycles. The monoisotopic (exact) mass is 488 g/mol. The van der Waals surface area contributed by atoms with E-state index in [9.17, 15) is 9.50 Å². The molecule has 7 heteroatoms. The normalized spacial score (nSPS) is 20.2. The van der Waals surface area contributed by atoms with Crippen molar-refractivity contribution in [2.24, 2.45) is 5.73 Å². The van der Waals surface area contributed by atoms with Crippen LogP contribution in [0.3, 0.4) is 0 Å². The lowest BCUT2D eigenvalue weighted by molar-refractivity contribution is 0.198. The number of nitrogens with two attached hydrogens (primary N) is 1. The van der Waals surface area contributed by atoms with Gasteiger partial charge < -0.3 is 20.6 Å². The number of hydrogen-bond acceptors (Lipinski definition) is 6. The average Bonchev–Trinajstić information content (AvgIpc) is 3.50. The van der Waals surface area contributed by atoms with Crippen LogP contribution in [0.1, 0.15) is 29.7 Å². The summed E-state index contributed by atoms with van der Waals surface area (Å²) < 4.78 is 14.5. The number of anilines is 1. The first-order chi connectivity index (χ1) is 16.9. The Bertz CT molecular complexity index is 1280. The largest absolute Gasteiger partial charge is 0.391 e. The van der Waals surface area contributed by atoms with Gasteiger partial charge in [0.2, 0.25) is 0 Å². The van der Waals surface area contributed by atoms with Gasteiger partial charge in [0.1, 0.15) is 11.9 Å². The van der Waals surface area contributed by atoms with E-state index in [0.29, 0.717) is 6.54 Å². The van der Waals surface area contributed by atoms with Crippen molar-refractivity contribution in [3.8, 4) is 27.6 Å². The molecule has 5 rings (SSSR count). The molecular weight excluding hydrogens is 459 g/mol. The van der Waals surface area contributed by atoms with Crippen molar-refractivity contribution >= 4 is 22.7 Å². The van der Waals surface area contributed by atoms with Crippen LogP contribution in [0.5, 0.6) is 0 Å². The number of likely N-dealkylation sites (tertiary alicyclic amines) is 1. The van der Waals surface area contributed by atoms with E-state index in [1.54, 1.807) is 17.4 Å². The number of hydrogen-bond donors (Lipinski definition) is 2. The molecule has 35 heavy (non-hydrogen) atoms. The van der Waals surface area contributed by atoms with Crippen molar-refractivity contribution in [2.45, 2.75) is 31.4 Å². The zero-order valence-corrected chi connectivity index (χ0v) is 20.4. The fourth-order valence-electron chi connectivity index (χ4n) is 4.95. The summed E-state index contributed by atoms with van der Waals surface area (Å²) in [6.07, 6.45) is 2.57. The predicted octanol–water partition coefficient (Wildman–Crippen LogP) is 5.06. The molecule has 3 aromatic rings. The molecule has 1 aromatic heterocycles. The lowest BCUT2D eigenvalue weighted by atomic mass is 10.00. The Balaban J connectivity index is 1.53. The van der Waals surface area contributed by atoms with Crippen molar-refractivity contribution in [2.75, 3.05) is 31.1 Å². The molecular formula is C28H29FN4OS. The molecule has 3 N–H and O–H groups in total. The van der Waals surface area contributed by atoms with E-state index in [0.717, 1.165) is 76.7 Å². The second-order valence-electron chi connectivity index (χ2n) is 9.39. The second kappa shape index (κ2) is 9.82. The number of rotatable bonds is 5. The third-order valence-electron chi connectivity index (χ3n) is 6.91. The van der Waals surface area contributed by atoms with Gasteiger partial charge in [-0.3, -0.25) is 0 Å². The number of aliphatic hydroxyl groups excluding tert-OH is 1. The van der Waals surface area contributed by atoms with Crippen molar-refractivity contribution in [1.82, 2.24) is 4.90 Å². The van der Waals surface area contributed by atoms with Crippen LogP contribution in [0.4, 0.5) is 10.1 Å². The van der Waals surface area contributed by atoms with Gasteiger partial charge in [-0.2, -0.15) is 5.26 Å². The van der Waals surface area contributed by atoms with Gasteiger partial charge >= 0.3 is 0 Å². The number of halogens is 1. The standard InChI is InChI=1S/C28H29FN4OS/c1-18(32-11-2-3-22(31)16-32)27-14-25(20-4-5-21(15-30)26(29)13-20)28(35-27)19-6-8-23(9-7-19)33-12-10-24(34)17-33/h4-9,13-14,22,24,34H,1-3,10-12,16-17,31H2. The topological polar surface area (TPSA) is 76.5 Å². The number of β-amino-alcohol motifs (C(OH)–C–C–N with tert-alkyl or cyclic N) is 1. The maximum atomic E-state index is 14.5. The number of thiophene rings is 1. The van der Waals surface area contributed by atoms with E-state index in [1.807, 2.05) is 6.07 Å². The second-order valence-corrected chi connectivity index (χ2v) is 10.4. The van der Waals surface area contributed by atoms with Crippen LogP contribution in [-0.4, -0.2) is 48.3 Å². The molecule has 3 heterocycles. The van der Waals surface area contributed by atoms with Crippen LogP contribution < -0.4 is 10.6 Å². The Kier molecular flexibility index (Phi) is 6.61. The summed E-state index contributed by atoms with van der Waals surface area (Å²) in [5.41, 5.74) is 11.0. The third kappa shape index (κ3) is 4.83. The number of piperidine rings is 1. The molecule has 0 radical (unpaired) electrons. The van der Waals surface area contributed by atoms with Crippen molar-refractivity contribution in [3.05, 3.63) is 71.4 Å². The summed E-state index contributed by atoms with van der Waals surface area (Å²) in [6, 6.07) is 17.2. The number of benzene rings is 2. The number of aliphatic hydroxyl groups is 1. The van der Waals surface area contributed by atoms with Crippen LogP contribution in [0, 0.1) is 17.1 Å². The highest BCUT2D eigenvalue weighted by Crippen LogP contribution is 2.43. The smallest absolute Gasteiger partial charge is 0.141 e. The van der Waals surface area contributed by atoms with E-state index in [-0.39, 0.29) is 17.7 Å².